The summed E-state index contributed by atoms with van der Waals surface area (Å²) in [6.45, 7) is 0.988. The molecule has 0 spiro atoms. The third-order valence-electron chi connectivity index (χ3n) is 4.65. The third-order valence-corrected chi connectivity index (χ3v) is 5.26. The van der Waals surface area contributed by atoms with Gasteiger partial charge >= 0.3 is 0 Å². The van der Waals surface area contributed by atoms with Crippen LogP contribution in [0, 0.1) is 11.7 Å². The number of rotatable bonds is 3. The van der Waals surface area contributed by atoms with E-state index < -0.39 is 11.9 Å². The molecule has 6 heteroatoms. The Morgan fingerprint density at radius 3 is 2.40 bits per heavy atom. The number of nitrogens with zero attached hydrogens (tertiary/aromatic N) is 1. The molecular weight excluding hydrogens is 364 g/mol. The average Bonchev–Trinajstić information content (AvgIpc) is 2.64. The van der Waals surface area contributed by atoms with Crippen LogP contribution in [0.3, 0.4) is 0 Å². The summed E-state index contributed by atoms with van der Waals surface area (Å²) >= 11 is 11.7. The summed E-state index contributed by atoms with van der Waals surface area (Å²) in [5.74, 6) is -0.888. The minimum Gasteiger partial charge on any atom is -0.388 e. The van der Waals surface area contributed by atoms with E-state index in [4.69, 9.17) is 23.2 Å². The molecule has 0 bridgehead atoms. The van der Waals surface area contributed by atoms with E-state index in [1.165, 1.54) is 6.07 Å². The molecule has 2 aromatic rings. The van der Waals surface area contributed by atoms with Gasteiger partial charge in [0.1, 0.15) is 5.82 Å². The maximum Gasteiger partial charge on any atom is 0.255 e. The minimum atomic E-state index is -0.663. The maximum absolute atomic E-state index is 13.6. The second kappa shape index (κ2) is 7.73. The number of carbonyl (C=O) groups excluding carboxylic acids is 1. The van der Waals surface area contributed by atoms with Crippen molar-refractivity contribution < 1.29 is 14.3 Å². The zero-order valence-corrected chi connectivity index (χ0v) is 15.0. The first-order chi connectivity index (χ1) is 12.0. The second-order valence-electron chi connectivity index (χ2n) is 6.23. The smallest absolute Gasteiger partial charge is 0.255 e. The Morgan fingerprint density at radius 1 is 1.12 bits per heavy atom. The Hall–Kier alpha value is -1.62. The molecule has 1 fully saturated rings. The molecule has 1 unspecified atom stereocenters. The normalized spacial score (nSPS) is 16.7. The molecule has 1 atom stereocenters. The minimum absolute atomic E-state index is 0.0869. The van der Waals surface area contributed by atoms with Gasteiger partial charge in [-0.25, -0.2) is 4.39 Å². The van der Waals surface area contributed by atoms with E-state index in [1.807, 2.05) is 30.3 Å². The van der Waals surface area contributed by atoms with Crippen LogP contribution in [0.25, 0.3) is 0 Å². The Kier molecular flexibility index (Phi) is 5.62. The van der Waals surface area contributed by atoms with Gasteiger partial charge in [0.05, 0.1) is 21.7 Å². The van der Waals surface area contributed by atoms with Crippen molar-refractivity contribution in [1.82, 2.24) is 4.90 Å². The van der Waals surface area contributed by atoms with Gasteiger partial charge in [0.15, 0.2) is 0 Å². The van der Waals surface area contributed by atoms with Gasteiger partial charge in [-0.3, -0.25) is 4.79 Å². The molecule has 1 aliphatic rings. The number of aliphatic hydroxyl groups is 1. The topological polar surface area (TPSA) is 40.5 Å². The van der Waals surface area contributed by atoms with Gasteiger partial charge in [0.25, 0.3) is 5.91 Å². The Labute approximate surface area is 156 Å². The number of amides is 1. The number of hydrogen-bond donors (Lipinski definition) is 1. The van der Waals surface area contributed by atoms with E-state index in [0.29, 0.717) is 25.9 Å². The molecule has 0 radical (unpaired) electrons. The summed E-state index contributed by atoms with van der Waals surface area (Å²) in [6, 6.07) is 11.8. The summed E-state index contributed by atoms with van der Waals surface area (Å²) in [6.07, 6.45) is 0.806. The van der Waals surface area contributed by atoms with Crippen molar-refractivity contribution in [1.29, 1.82) is 0 Å². The number of carbonyl (C=O) groups is 1. The van der Waals surface area contributed by atoms with E-state index in [0.717, 1.165) is 11.6 Å². The molecule has 0 aliphatic carbocycles. The highest BCUT2D eigenvalue weighted by molar-refractivity contribution is 6.36. The zero-order valence-electron chi connectivity index (χ0n) is 13.5. The predicted octanol–water partition coefficient (Wildman–Crippen LogP) is 4.72. The van der Waals surface area contributed by atoms with E-state index in [2.05, 4.69) is 0 Å². The number of aliphatic hydroxyl groups excluding tert-OH is 1. The van der Waals surface area contributed by atoms with Crippen molar-refractivity contribution in [3.8, 4) is 0 Å². The standard InChI is InChI=1S/C19H18Cl2FNO2/c20-15-11-16(21)17(22)10-14(15)19(25)23-8-6-13(7-9-23)18(24)12-4-2-1-3-5-12/h1-5,10-11,13,18,24H,6-9H2. The molecular formula is C19H18Cl2FNO2. The monoisotopic (exact) mass is 381 g/mol. The van der Waals surface area contributed by atoms with Crippen molar-refractivity contribution in [2.75, 3.05) is 13.1 Å². The van der Waals surface area contributed by atoms with Crippen LogP contribution in [0.15, 0.2) is 42.5 Å². The average molecular weight is 382 g/mol. The molecule has 3 nitrogen and oxygen atoms in total. The predicted molar refractivity (Wildman–Crippen MR) is 96.4 cm³/mol. The first-order valence-corrected chi connectivity index (χ1v) is 8.90. The van der Waals surface area contributed by atoms with E-state index in [-0.39, 0.29) is 27.4 Å². The highest BCUT2D eigenvalue weighted by Crippen LogP contribution is 2.32. The highest BCUT2D eigenvalue weighted by Gasteiger charge is 2.29. The van der Waals surface area contributed by atoms with Crippen LogP contribution in [0.1, 0.15) is 34.9 Å². The van der Waals surface area contributed by atoms with Crippen LogP contribution in [-0.4, -0.2) is 29.0 Å². The Bertz CT molecular complexity index is 762. The summed E-state index contributed by atoms with van der Waals surface area (Å²) in [5, 5.41) is 10.5. The molecule has 1 N–H and O–H groups in total. The van der Waals surface area contributed by atoms with Gasteiger partial charge in [-0.1, -0.05) is 53.5 Å². The van der Waals surface area contributed by atoms with Crippen LogP contribution in [-0.2, 0) is 0 Å². The first kappa shape index (κ1) is 18.2. The van der Waals surface area contributed by atoms with Crippen molar-refractivity contribution >= 4 is 29.1 Å². The lowest BCUT2D eigenvalue weighted by atomic mass is 9.87. The van der Waals surface area contributed by atoms with Crippen LogP contribution in [0.5, 0.6) is 0 Å². The first-order valence-electron chi connectivity index (χ1n) is 8.14. The Morgan fingerprint density at radius 2 is 1.76 bits per heavy atom. The van der Waals surface area contributed by atoms with Gasteiger partial charge in [-0.05, 0) is 36.5 Å². The molecule has 1 aliphatic heterocycles. The fourth-order valence-electron chi connectivity index (χ4n) is 3.20. The quantitative estimate of drug-likeness (QED) is 0.781. The van der Waals surface area contributed by atoms with E-state index in [9.17, 15) is 14.3 Å². The summed E-state index contributed by atoms with van der Waals surface area (Å²) < 4.78 is 13.6. The van der Waals surface area contributed by atoms with E-state index >= 15 is 0 Å². The Balaban J connectivity index is 1.66. The molecule has 0 saturated carbocycles. The van der Waals surface area contributed by atoms with Crippen molar-refractivity contribution in [2.45, 2.75) is 18.9 Å². The van der Waals surface area contributed by atoms with Crippen molar-refractivity contribution in [3.05, 3.63) is 69.5 Å². The SMILES string of the molecule is O=C(c1cc(F)c(Cl)cc1Cl)N1CCC(C(O)c2ccccc2)CC1. The molecule has 0 aromatic heterocycles. The molecule has 1 heterocycles. The molecule has 132 valence electrons. The molecule has 25 heavy (non-hydrogen) atoms. The van der Waals surface area contributed by atoms with Gasteiger partial charge in [0.2, 0.25) is 0 Å². The molecule has 2 aromatic carbocycles. The second-order valence-corrected chi connectivity index (χ2v) is 7.05. The number of hydrogen-bond acceptors (Lipinski definition) is 2. The number of halogens is 3. The fourth-order valence-corrected chi connectivity index (χ4v) is 3.66. The summed E-state index contributed by atoms with van der Waals surface area (Å²) in [5.41, 5.74) is 1.00. The van der Waals surface area contributed by atoms with Gasteiger partial charge in [0, 0.05) is 13.1 Å². The van der Waals surface area contributed by atoms with Crippen LogP contribution in [0.2, 0.25) is 10.0 Å². The highest BCUT2D eigenvalue weighted by atomic mass is 35.5. The molecule has 3 rings (SSSR count). The number of piperidine rings is 1. The fraction of sp³-hybridized carbons (Fsp3) is 0.316. The van der Waals surface area contributed by atoms with Crippen LogP contribution < -0.4 is 0 Å². The van der Waals surface area contributed by atoms with Crippen molar-refractivity contribution in [3.63, 3.8) is 0 Å². The lowest BCUT2D eigenvalue weighted by Crippen LogP contribution is -2.40. The summed E-state index contributed by atoms with van der Waals surface area (Å²) in [7, 11) is 0. The third kappa shape index (κ3) is 3.97. The molecule has 1 amide bonds. The lowest BCUT2D eigenvalue weighted by Gasteiger charge is -2.34. The number of benzene rings is 2. The number of likely N-dealkylation sites (tertiary alicyclic amines) is 1. The summed E-state index contributed by atoms with van der Waals surface area (Å²) in [4.78, 5) is 14.2. The largest absolute Gasteiger partial charge is 0.388 e. The molecule has 1 saturated heterocycles. The van der Waals surface area contributed by atoms with Gasteiger partial charge in [-0.2, -0.15) is 0 Å². The van der Waals surface area contributed by atoms with Crippen LogP contribution in [0.4, 0.5) is 4.39 Å². The van der Waals surface area contributed by atoms with Gasteiger partial charge < -0.3 is 10.0 Å². The zero-order chi connectivity index (χ0) is 18.0. The van der Waals surface area contributed by atoms with Gasteiger partial charge in [-0.15, -0.1) is 0 Å². The van der Waals surface area contributed by atoms with E-state index in [1.54, 1.807) is 4.90 Å². The maximum atomic E-state index is 13.6. The van der Waals surface area contributed by atoms with Crippen LogP contribution >= 0.6 is 23.2 Å². The lowest BCUT2D eigenvalue weighted by molar-refractivity contribution is 0.0462. The van der Waals surface area contributed by atoms with Crippen molar-refractivity contribution in [2.24, 2.45) is 5.92 Å².